The molecular formula is C27H28FN3O4. The van der Waals surface area contributed by atoms with Gasteiger partial charge in [-0.3, -0.25) is 14.6 Å². The van der Waals surface area contributed by atoms with E-state index >= 15 is 0 Å². The van der Waals surface area contributed by atoms with E-state index in [1.165, 1.54) is 13.0 Å². The Morgan fingerprint density at radius 2 is 1.74 bits per heavy atom. The molecular weight excluding hydrogens is 449 g/mol. The van der Waals surface area contributed by atoms with Crippen molar-refractivity contribution in [2.24, 2.45) is 0 Å². The lowest BCUT2D eigenvalue weighted by molar-refractivity contribution is -0.134. The van der Waals surface area contributed by atoms with Gasteiger partial charge in [0.25, 0.3) is 5.91 Å². The molecule has 8 heteroatoms. The van der Waals surface area contributed by atoms with E-state index < -0.39 is 11.8 Å². The van der Waals surface area contributed by atoms with Crippen molar-refractivity contribution in [2.75, 3.05) is 37.7 Å². The first-order valence-corrected chi connectivity index (χ1v) is 11.6. The smallest absolute Gasteiger partial charge is 0.339 e. The molecule has 0 atom stereocenters. The molecule has 7 nitrogen and oxygen atoms in total. The van der Waals surface area contributed by atoms with Crippen LogP contribution in [0.1, 0.15) is 53.1 Å². The molecule has 4 rings (SSSR count). The summed E-state index contributed by atoms with van der Waals surface area (Å²) >= 11 is 0. The number of benzene rings is 2. The van der Waals surface area contributed by atoms with Crippen LogP contribution in [0, 0.1) is 5.82 Å². The minimum atomic E-state index is -0.565. The van der Waals surface area contributed by atoms with E-state index in [9.17, 15) is 18.8 Å². The highest BCUT2D eigenvalue weighted by atomic mass is 19.1. The van der Waals surface area contributed by atoms with Crippen molar-refractivity contribution in [3.05, 3.63) is 71.2 Å². The average Bonchev–Trinajstić information content (AvgIpc) is 2.86. The maximum atomic E-state index is 14.5. The van der Waals surface area contributed by atoms with Gasteiger partial charge in [0.2, 0.25) is 0 Å². The Kier molecular flexibility index (Phi) is 7.10. The zero-order valence-corrected chi connectivity index (χ0v) is 20.1. The Morgan fingerprint density at radius 3 is 2.40 bits per heavy atom. The fraction of sp³-hybridized carbons (Fsp3) is 0.333. The fourth-order valence-electron chi connectivity index (χ4n) is 4.14. The largest absolute Gasteiger partial charge is 0.452 e. The number of hydrogen-bond donors (Lipinski definition) is 0. The Balaban J connectivity index is 1.37. The number of aromatic nitrogens is 1. The molecule has 182 valence electrons. The molecule has 1 aliphatic rings. The second kappa shape index (κ2) is 10.2. The van der Waals surface area contributed by atoms with Gasteiger partial charge in [-0.25, -0.2) is 9.18 Å². The number of amides is 1. The number of halogens is 1. The van der Waals surface area contributed by atoms with Gasteiger partial charge < -0.3 is 14.5 Å². The first-order valence-electron chi connectivity index (χ1n) is 11.6. The first-order chi connectivity index (χ1) is 16.7. The highest BCUT2D eigenvalue weighted by Crippen LogP contribution is 2.24. The van der Waals surface area contributed by atoms with Gasteiger partial charge in [0.1, 0.15) is 5.82 Å². The number of carbonyl (C=O) groups excluding carboxylic acids is 3. The maximum Gasteiger partial charge on any atom is 0.339 e. The molecule has 2 aromatic carbocycles. The molecule has 1 aromatic heterocycles. The molecule has 0 radical (unpaired) electrons. The molecule has 0 saturated carbocycles. The molecule has 0 spiro atoms. The van der Waals surface area contributed by atoms with Crippen molar-refractivity contribution in [1.29, 1.82) is 0 Å². The Hall–Kier alpha value is -3.81. The summed E-state index contributed by atoms with van der Waals surface area (Å²) in [6.07, 6.45) is 0. The summed E-state index contributed by atoms with van der Waals surface area (Å²) < 4.78 is 19.9. The lowest BCUT2D eigenvalue weighted by Gasteiger charge is -2.36. The predicted molar refractivity (Wildman–Crippen MR) is 131 cm³/mol. The van der Waals surface area contributed by atoms with E-state index in [4.69, 9.17) is 4.74 Å². The predicted octanol–water partition coefficient (Wildman–Crippen LogP) is 4.21. The van der Waals surface area contributed by atoms with E-state index in [2.05, 4.69) is 4.98 Å². The third-order valence-corrected chi connectivity index (χ3v) is 6.20. The van der Waals surface area contributed by atoms with Crippen molar-refractivity contribution < 1.29 is 23.5 Å². The van der Waals surface area contributed by atoms with Crippen LogP contribution in [0.2, 0.25) is 0 Å². The van der Waals surface area contributed by atoms with Crippen molar-refractivity contribution in [3.63, 3.8) is 0 Å². The number of ether oxygens (including phenoxy) is 1. The number of fused-ring (bicyclic) bond motifs is 1. The van der Waals surface area contributed by atoms with Gasteiger partial charge in [-0.05, 0) is 43.2 Å². The lowest BCUT2D eigenvalue weighted by atomic mass is 10.0. The lowest BCUT2D eigenvalue weighted by Crippen LogP contribution is -2.50. The highest BCUT2D eigenvalue weighted by Gasteiger charge is 2.25. The third-order valence-electron chi connectivity index (χ3n) is 6.20. The van der Waals surface area contributed by atoms with Gasteiger partial charge in [-0.1, -0.05) is 32.0 Å². The number of hydrogen-bond acceptors (Lipinski definition) is 6. The number of rotatable bonds is 6. The average molecular weight is 478 g/mol. The zero-order valence-electron chi connectivity index (χ0n) is 20.1. The number of pyridine rings is 1. The molecule has 0 N–H and O–H groups in total. The molecule has 1 amide bonds. The normalized spacial score (nSPS) is 13.9. The summed E-state index contributed by atoms with van der Waals surface area (Å²) in [4.78, 5) is 45.1. The summed E-state index contributed by atoms with van der Waals surface area (Å²) in [7, 11) is 0. The summed E-state index contributed by atoms with van der Waals surface area (Å²) in [5.41, 5.74) is 2.60. The van der Waals surface area contributed by atoms with Gasteiger partial charge in [-0.2, -0.15) is 0 Å². The van der Waals surface area contributed by atoms with Crippen LogP contribution in [0.5, 0.6) is 0 Å². The van der Waals surface area contributed by atoms with Crippen molar-refractivity contribution in [1.82, 2.24) is 9.88 Å². The van der Waals surface area contributed by atoms with Crippen molar-refractivity contribution in [2.45, 2.75) is 26.7 Å². The van der Waals surface area contributed by atoms with Crippen LogP contribution in [0.25, 0.3) is 10.9 Å². The van der Waals surface area contributed by atoms with Crippen LogP contribution < -0.4 is 4.90 Å². The second-order valence-corrected chi connectivity index (χ2v) is 8.93. The maximum absolute atomic E-state index is 14.5. The van der Waals surface area contributed by atoms with E-state index in [1.807, 2.05) is 43.0 Å². The van der Waals surface area contributed by atoms with Gasteiger partial charge in [0.15, 0.2) is 12.4 Å². The summed E-state index contributed by atoms with van der Waals surface area (Å²) in [5.74, 6) is -1.39. The molecule has 0 bridgehead atoms. The van der Waals surface area contributed by atoms with Gasteiger partial charge in [0.05, 0.1) is 16.8 Å². The summed E-state index contributed by atoms with van der Waals surface area (Å²) in [6.45, 7) is 6.64. The number of carbonyl (C=O) groups is 3. The monoisotopic (exact) mass is 477 g/mol. The van der Waals surface area contributed by atoms with Crippen LogP contribution in [0.3, 0.4) is 0 Å². The van der Waals surface area contributed by atoms with E-state index in [1.54, 1.807) is 23.1 Å². The zero-order chi connectivity index (χ0) is 25.1. The standard InChI is InChI=1S/C27H28FN3O4/c1-17(2)24-15-21(20-6-4-5-7-23(20)29-24)27(34)35-16-26(33)31-12-10-30(11-13-31)25-9-8-19(18(3)32)14-22(25)28/h4-9,14-15,17H,10-13,16H2,1-3H3. The third kappa shape index (κ3) is 5.31. The Bertz CT molecular complexity index is 1280. The minimum Gasteiger partial charge on any atom is -0.452 e. The molecule has 0 unspecified atom stereocenters. The minimum absolute atomic E-state index is 0.132. The summed E-state index contributed by atoms with van der Waals surface area (Å²) in [6, 6.07) is 13.5. The van der Waals surface area contributed by atoms with Crippen LogP contribution in [0.4, 0.5) is 10.1 Å². The van der Waals surface area contributed by atoms with Crippen molar-refractivity contribution in [3.8, 4) is 0 Å². The molecule has 3 aromatic rings. The number of nitrogens with zero attached hydrogens (tertiary/aromatic N) is 3. The summed E-state index contributed by atoms with van der Waals surface area (Å²) in [5, 5.41) is 0.681. The fourth-order valence-corrected chi connectivity index (χ4v) is 4.14. The highest BCUT2D eigenvalue weighted by molar-refractivity contribution is 6.04. The number of piperazine rings is 1. The van der Waals surface area contributed by atoms with Crippen LogP contribution in [-0.2, 0) is 9.53 Å². The quantitative estimate of drug-likeness (QED) is 0.391. The Morgan fingerprint density at radius 1 is 1.03 bits per heavy atom. The Labute approximate surface area is 203 Å². The van der Waals surface area contributed by atoms with Gasteiger partial charge in [-0.15, -0.1) is 0 Å². The SMILES string of the molecule is CC(=O)c1ccc(N2CCN(C(=O)COC(=O)c3cc(C(C)C)nc4ccccc34)CC2)c(F)c1. The molecule has 35 heavy (non-hydrogen) atoms. The number of esters is 1. The molecule has 2 heterocycles. The van der Waals surface area contributed by atoms with E-state index in [0.717, 1.165) is 5.69 Å². The van der Waals surface area contributed by atoms with Gasteiger partial charge >= 0.3 is 5.97 Å². The number of anilines is 1. The van der Waals surface area contributed by atoms with Crippen LogP contribution >= 0.6 is 0 Å². The van der Waals surface area contributed by atoms with E-state index in [0.29, 0.717) is 53.9 Å². The molecule has 1 fully saturated rings. The van der Waals surface area contributed by atoms with Crippen molar-refractivity contribution >= 4 is 34.3 Å². The number of ketones is 1. The van der Waals surface area contributed by atoms with Gasteiger partial charge in [0, 0.05) is 42.8 Å². The number of Topliss-reactive ketones (excluding diaryl/α,β-unsaturated/α-hetero) is 1. The topological polar surface area (TPSA) is 79.8 Å². The molecule has 1 saturated heterocycles. The first kappa shape index (κ1) is 24.3. The second-order valence-electron chi connectivity index (χ2n) is 8.93. The van der Waals surface area contributed by atoms with E-state index in [-0.39, 0.29) is 24.2 Å². The van der Waals surface area contributed by atoms with Crippen LogP contribution in [0.15, 0.2) is 48.5 Å². The number of para-hydroxylation sites is 1. The molecule has 1 aliphatic heterocycles. The van der Waals surface area contributed by atoms with Crippen LogP contribution in [-0.4, -0.2) is 60.3 Å². The molecule has 0 aliphatic carbocycles.